The molecule has 0 bridgehead atoms. The molecule has 0 aliphatic carbocycles. The lowest BCUT2D eigenvalue weighted by atomic mass is 10.2. The Morgan fingerprint density at radius 1 is 1.33 bits per heavy atom. The predicted molar refractivity (Wildman–Crippen MR) is 83.4 cm³/mol. The van der Waals surface area contributed by atoms with Crippen LogP contribution in [0.4, 0.5) is 0 Å². The molecule has 0 saturated carbocycles. The van der Waals surface area contributed by atoms with Crippen LogP contribution in [0.2, 0.25) is 10.0 Å². The summed E-state index contributed by atoms with van der Waals surface area (Å²) in [6, 6.07) is 4.81. The Balaban J connectivity index is 1.61. The van der Waals surface area contributed by atoms with E-state index in [1.807, 2.05) is 9.78 Å². The van der Waals surface area contributed by atoms with E-state index in [-0.39, 0.29) is 5.91 Å². The van der Waals surface area contributed by atoms with Crippen molar-refractivity contribution < 1.29 is 4.79 Å². The van der Waals surface area contributed by atoms with Gasteiger partial charge in [-0.25, -0.2) is 0 Å². The van der Waals surface area contributed by atoms with Crippen LogP contribution < -0.4 is 5.32 Å². The average molecular weight is 341 g/mol. The van der Waals surface area contributed by atoms with Gasteiger partial charge >= 0.3 is 0 Å². The molecule has 108 valence electrons. The first kappa shape index (κ1) is 14.3. The zero-order valence-corrected chi connectivity index (χ0v) is 13.0. The van der Waals surface area contributed by atoms with Crippen LogP contribution in [0.3, 0.4) is 0 Å². The number of halogens is 2. The SMILES string of the molecule is O=C(NCCc1csc2nncn12)c1ccc(Cl)c(Cl)c1. The Labute approximate surface area is 134 Å². The number of hydrogen-bond acceptors (Lipinski definition) is 4. The maximum atomic E-state index is 12.0. The number of aromatic nitrogens is 3. The van der Waals surface area contributed by atoms with E-state index in [0.717, 1.165) is 10.7 Å². The van der Waals surface area contributed by atoms with Gasteiger partial charge in [0.25, 0.3) is 5.91 Å². The van der Waals surface area contributed by atoms with Gasteiger partial charge in [-0.3, -0.25) is 9.20 Å². The topological polar surface area (TPSA) is 59.3 Å². The standard InChI is InChI=1S/C13H10Cl2N4OS/c14-10-2-1-8(5-11(10)15)12(20)16-4-3-9-6-21-13-18-17-7-19(9)13/h1-2,5-7H,3-4H2,(H,16,20). The third-order valence-corrected chi connectivity index (χ3v) is 4.59. The van der Waals surface area contributed by atoms with Crippen LogP contribution in [0.15, 0.2) is 29.9 Å². The summed E-state index contributed by atoms with van der Waals surface area (Å²) in [4.78, 5) is 12.9. The van der Waals surface area contributed by atoms with Crippen LogP contribution in [0, 0.1) is 0 Å². The average Bonchev–Trinajstić information content (AvgIpc) is 3.06. The van der Waals surface area contributed by atoms with Crippen molar-refractivity contribution in [1.29, 1.82) is 0 Å². The molecule has 0 aliphatic heterocycles. The first-order valence-corrected chi connectivity index (χ1v) is 7.78. The first-order valence-electron chi connectivity index (χ1n) is 6.14. The van der Waals surface area contributed by atoms with E-state index in [1.165, 1.54) is 11.3 Å². The molecule has 0 aliphatic rings. The Bertz CT molecular complexity index is 798. The van der Waals surface area contributed by atoms with E-state index >= 15 is 0 Å². The fourth-order valence-electron chi connectivity index (χ4n) is 1.90. The molecule has 1 aromatic carbocycles. The number of hydrogen-bond donors (Lipinski definition) is 1. The van der Waals surface area contributed by atoms with Crippen molar-refractivity contribution in [2.75, 3.05) is 6.54 Å². The molecule has 1 N–H and O–H groups in total. The number of nitrogens with one attached hydrogen (secondary N) is 1. The van der Waals surface area contributed by atoms with Crippen molar-refractivity contribution in [3.63, 3.8) is 0 Å². The molecule has 0 fully saturated rings. The first-order chi connectivity index (χ1) is 10.1. The van der Waals surface area contributed by atoms with Crippen LogP contribution in [0.5, 0.6) is 0 Å². The lowest BCUT2D eigenvalue weighted by Crippen LogP contribution is -2.25. The summed E-state index contributed by atoms with van der Waals surface area (Å²) in [7, 11) is 0. The van der Waals surface area contributed by atoms with Gasteiger partial charge in [0.2, 0.25) is 4.96 Å². The zero-order chi connectivity index (χ0) is 14.8. The number of rotatable bonds is 4. The number of nitrogens with zero attached hydrogens (tertiary/aromatic N) is 3. The maximum Gasteiger partial charge on any atom is 0.251 e. The van der Waals surface area contributed by atoms with Crippen LogP contribution in [0.1, 0.15) is 16.1 Å². The van der Waals surface area contributed by atoms with Gasteiger partial charge in [-0.2, -0.15) is 0 Å². The molecule has 21 heavy (non-hydrogen) atoms. The monoisotopic (exact) mass is 340 g/mol. The number of carbonyl (C=O) groups is 1. The summed E-state index contributed by atoms with van der Waals surface area (Å²) >= 11 is 13.2. The fourth-order valence-corrected chi connectivity index (χ4v) is 3.05. The van der Waals surface area contributed by atoms with E-state index in [1.54, 1.807) is 24.5 Å². The van der Waals surface area contributed by atoms with Crippen LogP contribution >= 0.6 is 34.5 Å². The van der Waals surface area contributed by atoms with Crippen molar-refractivity contribution in [3.05, 3.63) is 51.2 Å². The van der Waals surface area contributed by atoms with Gasteiger partial charge in [0.15, 0.2) is 0 Å². The summed E-state index contributed by atoms with van der Waals surface area (Å²) in [6.07, 6.45) is 2.37. The number of fused-ring (bicyclic) bond motifs is 1. The van der Waals surface area contributed by atoms with Crippen LogP contribution in [-0.2, 0) is 6.42 Å². The van der Waals surface area contributed by atoms with Gasteiger partial charge in [-0.15, -0.1) is 21.5 Å². The zero-order valence-electron chi connectivity index (χ0n) is 10.7. The van der Waals surface area contributed by atoms with Crippen molar-refractivity contribution >= 4 is 45.4 Å². The van der Waals surface area contributed by atoms with Gasteiger partial charge in [-0.05, 0) is 18.2 Å². The van der Waals surface area contributed by atoms with Crippen LogP contribution in [0.25, 0.3) is 4.96 Å². The largest absolute Gasteiger partial charge is 0.352 e. The molecule has 2 aromatic heterocycles. The Morgan fingerprint density at radius 3 is 3.00 bits per heavy atom. The molecule has 0 spiro atoms. The molecule has 0 atom stereocenters. The molecule has 0 radical (unpaired) electrons. The Morgan fingerprint density at radius 2 is 2.19 bits per heavy atom. The molecule has 1 amide bonds. The van der Waals surface area contributed by atoms with Gasteiger partial charge in [-0.1, -0.05) is 23.2 Å². The highest BCUT2D eigenvalue weighted by Gasteiger charge is 2.09. The second-order valence-corrected chi connectivity index (χ2v) is 6.00. The van der Waals surface area contributed by atoms with Crippen LogP contribution in [-0.4, -0.2) is 27.0 Å². The van der Waals surface area contributed by atoms with Gasteiger partial charge in [0.05, 0.1) is 10.0 Å². The Kier molecular flexibility index (Phi) is 4.10. The number of thiazole rings is 1. The lowest BCUT2D eigenvalue weighted by Gasteiger charge is -2.05. The third kappa shape index (κ3) is 3.02. The molecule has 3 aromatic rings. The second kappa shape index (κ2) is 6.01. The summed E-state index contributed by atoms with van der Waals surface area (Å²) in [5.41, 5.74) is 1.55. The van der Waals surface area contributed by atoms with Crippen molar-refractivity contribution in [1.82, 2.24) is 19.9 Å². The van der Waals surface area contributed by atoms with Crippen molar-refractivity contribution in [2.45, 2.75) is 6.42 Å². The molecular weight excluding hydrogens is 331 g/mol. The molecule has 3 rings (SSSR count). The van der Waals surface area contributed by atoms with Gasteiger partial charge < -0.3 is 5.32 Å². The molecule has 2 heterocycles. The quantitative estimate of drug-likeness (QED) is 0.793. The number of amides is 1. The molecule has 0 unspecified atom stereocenters. The van der Waals surface area contributed by atoms with E-state index in [9.17, 15) is 4.79 Å². The van der Waals surface area contributed by atoms with E-state index in [2.05, 4.69) is 15.5 Å². The fraction of sp³-hybridized carbons (Fsp3) is 0.154. The minimum Gasteiger partial charge on any atom is -0.352 e. The summed E-state index contributed by atoms with van der Waals surface area (Å²) in [5.74, 6) is -0.177. The molecular formula is C13H10Cl2N4OS. The second-order valence-electron chi connectivity index (χ2n) is 4.35. The highest BCUT2D eigenvalue weighted by molar-refractivity contribution is 7.15. The molecule has 8 heteroatoms. The minimum absolute atomic E-state index is 0.177. The van der Waals surface area contributed by atoms with Crippen molar-refractivity contribution in [3.8, 4) is 0 Å². The van der Waals surface area contributed by atoms with Gasteiger partial charge in [0.1, 0.15) is 6.33 Å². The predicted octanol–water partition coefficient (Wildman–Crippen LogP) is 3.07. The molecule has 5 nitrogen and oxygen atoms in total. The molecule has 0 saturated heterocycles. The van der Waals surface area contributed by atoms with Gasteiger partial charge in [0, 0.05) is 29.6 Å². The highest BCUT2D eigenvalue weighted by Crippen LogP contribution is 2.22. The van der Waals surface area contributed by atoms with E-state index < -0.39 is 0 Å². The highest BCUT2D eigenvalue weighted by atomic mass is 35.5. The normalized spacial score (nSPS) is 11.0. The van der Waals surface area contributed by atoms with Crippen molar-refractivity contribution in [2.24, 2.45) is 0 Å². The smallest absolute Gasteiger partial charge is 0.251 e. The lowest BCUT2D eigenvalue weighted by molar-refractivity contribution is 0.0954. The summed E-state index contributed by atoms with van der Waals surface area (Å²) in [6.45, 7) is 0.517. The summed E-state index contributed by atoms with van der Waals surface area (Å²) < 4.78 is 1.91. The number of benzene rings is 1. The van der Waals surface area contributed by atoms with E-state index in [0.29, 0.717) is 28.6 Å². The maximum absolute atomic E-state index is 12.0. The minimum atomic E-state index is -0.177. The summed E-state index contributed by atoms with van der Waals surface area (Å²) in [5, 5.41) is 13.5. The van der Waals surface area contributed by atoms with E-state index in [4.69, 9.17) is 23.2 Å². The Hall–Kier alpha value is -1.63. The third-order valence-electron chi connectivity index (χ3n) is 2.97. The number of carbonyl (C=O) groups excluding carboxylic acids is 1.